The Bertz CT molecular complexity index is 303. The van der Waals surface area contributed by atoms with Gasteiger partial charge >= 0.3 is 0 Å². The van der Waals surface area contributed by atoms with Gasteiger partial charge in [0.05, 0.1) is 5.69 Å². The molecule has 1 rings (SSSR count). The number of aryl methyl sites for hydroxylation is 1. The third kappa shape index (κ3) is 2.75. The molecule has 0 aliphatic heterocycles. The Balaban J connectivity index is 2.86. The van der Waals surface area contributed by atoms with Gasteiger partial charge in [-0.2, -0.15) is 0 Å². The standard InChI is InChI=1S/C8H12Cl3N3/c1-3-4-5-14-6(2)7(12-13-14)8(9,10)11/h3-5H2,1-2H3. The van der Waals surface area contributed by atoms with Gasteiger partial charge in [0.1, 0.15) is 5.69 Å². The Morgan fingerprint density at radius 1 is 1.36 bits per heavy atom. The van der Waals surface area contributed by atoms with E-state index in [-0.39, 0.29) is 0 Å². The Kier molecular flexibility index (Phi) is 4.04. The average molecular weight is 257 g/mol. The van der Waals surface area contributed by atoms with Gasteiger partial charge in [0.15, 0.2) is 0 Å². The summed E-state index contributed by atoms with van der Waals surface area (Å²) in [6, 6.07) is 0. The second-order valence-corrected chi connectivity index (χ2v) is 5.38. The van der Waals surface area contributed by atoms with Crippen LogP contribution in [0.5, 0.6) is 0 Å². The molecule has 80 valence electrons. The lowest BCUT2D eigenvalue weighted by atomic mass is 10.3. The molecule has 14 heavy (non-hydrogen) atoms. The monoisotopic (exact) mass is 255 g/mol. The van der Waals surface area contributed by atoms with Crippen molar-refractivity contribution in [1.82, 2.24) is 15.0 Å². The van der Waals surface area contributed by atoms with Crippen LogP contribution in [0.2, 0.25) is 0 Å². The molecule has 0 radical (unpaired) electrons. The molecule has 1 aromatic rings. The molecule has 0 unspecified atom stereocenters. The van der Waals surface area contributed by atoms with Crippen LogP contribution >= 0.6 is 34.8 Å². The van der Waals surface area contributed by atoms with E-state index < -0.39 is 3.79 Å². The third-order valence-corrected chi connectivity index (χ3v) is 2.51. The van der Waals surface area contributed by atoms with Crippen molar-refractivity contribution in [3.8, 4) is 0 Å². The van der Waals surface area contributed by atoms with Gasteiger partial charge in [0.2, 0.25) is 3.79 Å². The van der Waals surface area contributed by atoms with Gasteiger partial charge in [-0.05, 0) is 13.3 Å². The van der Waals surface area contributed by atoms with E-state index in [1.807, 2.05) is 6.92 Å². The fourth-order valence-electron chi connectivity index (χ4n) is 1.14. The van der Waals surface area contributed by atoms with E-state index in [9.17, 15) is 0 Å². The lowest BCUT2D eigenvalue weighted by molar-refractivity contribution is 0.542. The lowest BCUT2D eigenvalue weighted by Crippen LogP contribution is -2.06. The summed E-state index contributed by atoms with van der Waals surface area (Å²) in [6.45, 7) is 4.78. The van der Waals surface area contributed by atoms with Crippen LogP contribution in [-0.4, -0.2) is 15.0 Å². The minimum Gasteiger partial charge on any atom is -0.249 e. The molecule has 3 nitrogen and oxygen atoms in total. The van der Waals surface area contributed by atoms with E-state index in [0.29, 0.717) is 5.69 Å². The van der Waals surface area contributed by atoms with Gasteiger partial charge in [-0.15, -0.1) is 5.10 Å². The van der Waals surface area contributed by atoms with Crippen molar-refractivity contribution in [2.45, 2.75) is 37.0 Å². The van der Waals surface area contributed by atoms with Crippen LogP contribution in [0.15, 0.2) is 0 Å². The molecule has 0 fully saturated rings. The van der Waals surface area contributed by atoms with Crippen LogP contribution in [0.1, 0.15) is 31.2 Å². The first-order valence-corrected chi connectivity index (χ1v) is 5.57. The number of hydrogen-bond acceptors (Lipinski definition) is 2. The summed E-state index contributed by atoms with van der Waals surface area (Å²) in [5.41, 5.74) is 1.23. The zero-order valence-corrected chi connectivity index (χ0v) is 10.4. The Hall–Kier alpha value is 0.01000. The number of unbranched alkanes of at least 4 members (excludes halogenated alkanes) is 1. The molecule has 6 heteroatoms. The molecule has 0 bridgehead atoms. The second kappa shape index (κ2) is 4.69. The molecule has 0 atom stereocenters. The van der Waals surface area contributed by atoms with Crippen molar-refractivity contribution in [3.63, 3.8) is 0 Å². The highest BCUT2D eigenvalue weighted by Crippen LogP contribution is 2.38. The predicted octanol–water partition coefficient (Wildman–Crippen LogP) is 3.21. The Morgan fingerprint density at radius 2 is 2.00 bits per heavy atom. The number of nitrogens with zero attached hydrogens (tertiary/aromatic N) is 3. The highest BCUT2D eigenvalue weighted by molar-refractivity contribution is 6.66. The molecule has 1 heterocycles. The fraction of sp³-hybridized carbons (Fsp3) is 0.750. The molecule has 0 amide bonds. The van der Waals surface area contributed by atoms with Gasteiger partial charge in [-0.3, -0.25) is 0 Å². The van der Waals surface area contributed by atoms with Crippen molar-refractivity contribution >= 4 is 34.8 Å². The average Bonchev–Trinajstić information content (AvgIpc) is 2.42. The predicted molar refractivity (Wildman–Crippen MR) is 58.9 cm³/mol. The zero-order valence-electron chi connectivity index (χ0n) is 8.10. The highest BCUT2D eigenvalue weighted by atomic mass is 35.6. The van der Waals surface area contributed by atoms with E-state index >= 15 is 0 Å². The first-order chi connectivity index (χ1) is 6.46. The minimum atomic E-state index is -1.48. The van der Waals surface area contributed by atoms with Crippen molar-refractivity contribution in [2.24, 2.45) is 0 Å². The number of rotatable bonds is 3. The minimum absolute atomic E-state index is 0.415. The molecule has 0 saturated heterocycles. The van der Waals surface area contributed by atoms with Crippen molar-refractivity contribution in [2.75, 3.05) is 0 Å². The van der Waals surface area contributed by atoms with Crippen LogP contribution in [0, 0.1) is 6.92 Å². The normalized spacial score (nSPS) is 12.1. The summed E-state index contributed by atoms with van der Waals surface area (Å²) in [7, 11) is 0. The molecule has 1 aromatic heterocycles. The van der Waals surface area contributed by atoms with Crippen LogP contribution in [0.4, 0.5) is 0 Å². The first kappa shape index (κ1) is 12.1. The SMILES string of the molecule is CCCCn1nnc(C(Cl)(Cl)Cl)c1C. The summed E-state index contributed by atoms with van der Waals surface area (Å²) in [6.07, 6.45) is 2.14. The highest BCUT2D eigenvalue weighted by Gasteiger charge is 2.29. The number of halogens is 3. The maximum absolute atomic E-state index is 5.73. The molecule has 0 spiro atoms. The van der Waals surface area contributed by atoms with E-state index in [1.165, 1.54) is 0 Å². The van der Waals surface area contributed by atoms with E-state index in [4.69, 9.17) is 34.8 Å². The fourth-order valence-corrected chi connectivity index (χ4v) is 1.67. The summed E-state index contributed by atoms with van der Waals surface area (Å²) in [5.74, 6) is 0. The Morgan fingerprint density at radius 3 is 2.43 bits per heavy atom. The van der Waals surface area contributed by atoms with Gasteiger partial charge in [-0.25, -0.2) is 4.68 Å². The van der Waals surface area contributed by atoms with Gasteiger partial charge < -0.3 is 0 Å². The summed E-state index contributed by atoms with van der Waals surface area (Å²) in [5, 5.41) is 7.79. The topological polar surface area (TPSA) is 30.7 Å². The third-order valence-electron chi connectivity index (χ3n) is 1.97. The van der Waals surface area contributed by atoms with E-state index in [2.05, 4.69) is 17.2 Å². The maximum atomic E-state index is 5.73. The molecular formula is C8H12Cl3N3. The van der Waals surface area contributed by atoms with E-state index in [0.717, 1.165) is 25.1 Å². The second-order valence-electron chi connectivity index (χ2n) is 3.10. The number of hydrogen-bond donors (Lipinski definition) is 0. The first-order valence-electron chi connectivity index (χ1n) is 4.44. The Labute approximate surface area is 98.3 Å². The van der Waals surface area contributed by atoms with Gasteiger partial charge in [0.25, 0.3) is 0 Å². The molecule has 0 aliphatic carbocycles. The maximum Gasteiger partial charge on any atom is 0.236 e. The summed E-state index contributed by atoms with van der Waals surface area (Å²) >= 11 is 17.2. The van der Waals surface area contributed by atoms with Crippen molar-refractivity contribution < 1.29 is 0 Å². The quantitative estimate of drug-likeness (QED) is 0.778. The zero-order chi connectivity index (χ0) is 10.8. The lowest BCUT2D eigenvalue weighted by Gasteiger charge is -2.08. The van der Waals surface area contributed by atoms with Crippen LogP contribution in [-0.2, 0) is 10.3 Å². The number of alkyl halides is 3. The van der Waals surface area contributed by atoms with E-state index in [1.54, 1.807) is 4.68 Å². The smallest absolute Gasteiger partial charge is 0.236 e. The molecular weight excluding hydrogens is 244 g/mol. The molecule has 0 N–H and O–H groups in total. The van der Waals surface area contributed by atoms with Crippen LogP contribution in [0.3, 0.4) is 0 Å². The largest absolute Gasteiger partial charge is 0.249 e. The molecule has 0 aromatic carbocycles. The summed E-state index contributed by atoms with van der Waals surface area (Å²) < 4.78 is 0.287. The number of aromatic nitrogens is 3. The van der Waals surface area contributed by atoms with Crippen molar-refractivity contribution in [3.05, 3.63) is 11.4 Å². The van der Waals surface area contributed by atoms with Crippen LogP contribution in [0.25, 0.3) is 0 Å². The summed E-state index contributed by atoms with van der Waals surface area (Å²) in [4.78, 5) is 0. The van der Waals surface area contributed by atoms with Crippen molar-refractivity contribution in [1.29, 1.82) is 0 Å². The molecule has 0 saturated carbocycles. The van der Waals surface area contributed by atoms with Gasteiger partial charge in [0, 0.05) is 6.54 Å². The van der Waals surface area contributed by atoms with Crippen LogP contribution < -0.4 is 0 Å². The van der Waals surface area contributed by atoms with Gasteiger partial charge in [-0.1, -0.05) is 53.4 Å². The molecule has 0 aliphatic rings.